The molecule has 0 atom stereocenters. The molecule has 3 heteroatoms. The van der Waals surface area contributed by atoms with Gasteiger partial charge in [-0.05, 0) is 42.9 Å². The number of halogens is 1. The number of thiol groups is 1. The molecule has 1 aliphatic carbocycles. The average Bonchev–Trinajstić information content (AvgIpc) is 2.98. The molecule has 2 rings (SSSR count). The summed E-state index contributed by atoms with van der Waals surface area (Å²) in [6.45, 7) is 0.804. The zero-order valence-electron chi connectivity index (χ0n) is 7.87. The molecule has 0 spiro atoms. The van der Waals surface area contributed by atoms with E-state index in [1.54, 1.807) is 0 Å². The van der Waals surface area contributed by atoms with Gasteiger partial charge in [0.1, 0.15) is 5.75 Å². The molecule has 1 nitrogen and oxygen atoms in total. The zero-order chi connectivity index (χ0) is 10.0. The smallest absolute Gasteiger partial charge is 0.119 e. The summed E-state index contributed by atoms with van der Waals surface area (Å²) >= 11 is 7.73. The van der Waals surface area contributed by atoms with Crippen molar-refractivity contribution in [2.45, 2.75) is 12.8 Å². The molecule has 1 saturated carbocycles. The lowest BCUT2D eigenvalue weighted by Crippen LogP contribution is -2.14. The normalized spacial score (nSPS) is 17.9. The van der Waals surface area contributed by atoms with Crippen LogP contribution in [0, 0.1) is 5.41 Å². The molecule has 0 N–H and O–H groups in total. The first-order valence-corrected chi connectivity index (χ1v) is 6.16. The number of benzene rings is 1. The molecule has 76 valence electrons. The first-order valence-electron chi connectivity index (χ1n) is 4.73. The van der Waals surface area contributed by atoms with E-state index in [0.29, 0.717) is 5.41 Å². The van der Waals surface area contributed by atoms with E-state index < -0.39 is 0 Å². The molecule has 0 bridgehead atoms. The van der Waals surface area contributed by atoms with Crippen molar-refractivity contribution in [3.8, 4) is 5.75 Å². The molecule has 0 radical (unpaired) electrons. The van der Waals surface area contributed by atoms with Crippen LogP contribution in [0.2, 0.25) is 0 Å². The summed E-state index contributed by atoms with van der Waals surface area (Å²) in [4.78, 5) is 0. The number of hydrogen-bond acceptors (Lipinski definition) is 2. The molecule has 1 aromatic carbocycles. The van der Waals surface area contributed by atoms with E-state index in [1.165, 1.54) is 12.8 Å². The summed E-state index contributed by atoms with van der Waals surface area (Å²) < 4.78 is 6.79. The predicted octanol–water partition coefficient (Wildman–Crippen LogP) is 3.54. The van der Waals surface area contributed by atoms with Crippen molar-refractivity contribution in [3.05, 3.63) is 28.7 Å². The molecule has 0 heterocycles. The lowest BCUT2D eigenvalue weighted by molar-refractivity contribution is 0.250. The standard InChI is InChI=1S/C11H13BrOS/c12-9-1-3-10(4-2-9)13-7-11(8-14)5-6-11/h1-4,14H,5-8H2. The summed E-state index contributed by atoms with van der Waals surface area (Å²) in [5, 5.41) is 0. The monoisotopic (exact) mass is 272 g/mol. The van der Waals surface area contributed by atoms with Crippen molar-refractivity contribution in [2.75, 3.05) is 12.4 Å². The van der Waals surface area contributed by atoms with E-state index in [2.05, 4.69) is 28.6 Å². The van der Waals surface area contributed by atoms with E-state index in [4.69, 9.17) is 4.74 Å². The SMILES string of the molecule is SCC1(COc2ccc(Br)cc2)CC1. The van der Waals surface area contributed by atoms with E-state index in [-0.39, 0.29) is 0 Å². The first kappa shape index (κ1) is 10.4. The van der Waals surface area contributed by atoms with Gasteiger partial charge in [0.15, 0.2) is 0 Å². The second-order valence-corrected chi connectivity index (χ2v) is 5.13. The molecular formula is C11H13BrOS. The van der Waals surface area contributed by atoms with Gasteiger partial charge in [-0.1, -0.05) is 15.9 Å². The lowest BCUT2D eigenvalue weighted by atomic mass is 10.2. The summed E-state index contributed by atoms with van der Waals surface area (Å²) in [7, 11) is 0. The van der Waals surface area contributed by atoms with Gasteiger partial charge < -0.3 is 4.74 Å². The average molecular weight is 273 g/mol. The fourth-order valence-electron chi connectivity index (χ4n) is 1.29. The van der Waals surface area contributed by atoms with Crippen LogP contribution in [0.4, 0.5) is 0 Å². The minimum atomic E-state index is 0.371. The highest BCUT2D eigenvalue weighted by atomic mass is 79.9. The minimum Gasteiger partial charge on any atom is -0.493 e. The first-order chi connectivity index (χ1) is 6.74. The number of rotatable bonds is 4. The van der Waals surface area contributed by atoms with Crippen molar-refractivity contribution in [1.82, 2.24) is 0 Å². The van der Waals surface area contributed by atoms with Crippen LogP contribution in [0.1, 0.15) is 12.8 Å². The van der Waals surface area contributed by atoms with Gasteiger partial charge in [0.25, 0.3) is 0 Å². The van der Waals surface area contributed by atoms with E-state index in [1.807, 2.05) is 24.3 Å². The molecule has 0 aliphatic heterocycles. The Kier molecular flexibility index (Phi) is 3.07. The van der Waals surface area contributed by atoms with E-state index >= 15 is 0 Å². The van der Waals surface area contributed by atoms with Crippen LogP contribution < -0.4 is 4.74 Å². The van der Waals surface area contributed by atoms with Crippen molar-refractivity contribution in [3.63, 3.8) is 0 Å². The van der Waals surface area contributed by atoms with Gasteiger partial charge in [0.05, 0.1) is 6.61 Å². The highest BCUT2D eigenvalue weighted by molar-refractivity contribution is 9.10. The highest BCUT2D eigenvalue weighted by Gasteiger charge is 2.42. The Morgan fingerprint density at radius 3 is 2.43 bits per heavy atom. The predicted molar refractivity (Wildman–Crippen MR) is 65.2 cm³/mol. The van der Waals surface area contributed by atoms with Crippen LogP contribution in [0.15, 0.2) is 28.7 Å². The van der Waals surface area contributed by atoms with Crippen molar-refractivity contribution in [2.24, 2.45) is 5.41 Å². The quantitative estimate of drug-likeness (QED) is 0.825. The Bertz CT molecular complexity index is 306. The maximum Gasteiger partial charge on any atom is 0.119 e. The van der Waals surface area contributed by atoms with Crippen LogP contribution >= 0.6 is 28.6 Å². The van der Waals surface area contributed by atoms with Crippen LogP contribution in [-0.2, 0) is 0 Å². The number of ether oxygens (including phenoxy) is 1. The van der Waals surface area contributed by atoms with Crippen LogP contribution in [-0.4, -0.2) is 12.4 Å². The maximum atomic E-state index is 5.71. The van der Waals surface area contributed by atoms with Gasteiger partial charge in [-0.25, -0.2) is 0 Å². The summed E-state index contributed by atoms with van der Waals surface area (Å²) in [6.07, 6.45) is 2.51. The second-order valence-electron chi connectivity index (χ2n) is 3.90. The topological polar surface area (TPSA) is 9.23 Å². The fraction of sp³-hybridized carbons (Fsp3) is 0.455. The summed E-state index contributed by atoms with van der Waals surface area (Å²) in [5.41, 5.74) is 0.371. The summed E-state index contributed by atoms with van der Waals surface area (Å²) in [6, 6.07) is 7.96. The Morgan fingerprint density at radius 2 is 1.93 bits per heavy atom. The third-order valence-electron chi connectivity index (χ3n) is 2.65. The van der Waals surface area contributed by atoms with Gasteiger partial charge >= 0.3 is 0 Å². The molecule has 1 aliphatic rings. The minimum absolute atomic E-state index is 0.371. The molecule has 1 fully saturated rings. The molecule has 1 aromatic rings. The van der Waals surface area contributed by atoms with Crippen molar-refractivity contribution >= 4 is 28.6 Å². The molecule has 0 unspecified atom stereocenters. The highest BCUT2D eigenvalue weighted by Crippen LogP contribution is 2.46. The Balaban J connectivity index is 1.89. The van der Waals surface area contributed by atoms with Gasteiger partial charge in [-0.3, -0.25) is 0 Å². The summed E-state index contributed by atoms with van der Waals surface area (Å²) in [5.74, 6) is 1.88. The second kappa shape index (κ2) is 4.15. The van der Waals surface area contributed by atoms with Crippen LogP contribution in [0.25, 0.3) is 0 Å². The molecule has 0 saturated heterocycles. The van der Waals surface area contributed by atoms with Crippen molar-refractivity contribution < 1.29 is 4.74 Å². The van der Waals surface area contributed by atoms with Crippen LogP contribution in [0.3, 0.4) is 0 Å². The largest absolute Gasteiger partial charge is 0.493 e. The number of hydrogen-bond donors (Lipinski definition) is 1. The van der Waals surface area contributed by atoms with Gasteiger partial charge in [0.2, 0.25) is 0 Å². The third kappa shape index (κ3) is 2.45. The van der Waals surface area contributed by atoms with Gasteiger partial charge in [-0.2, -0.15) is 12.6 Å². The maximum absolute atomic E-state index is 5.71. The van der Waals surface area contributed by atoms with Crippen molar-refractivity contribution in [1.29, 1.82) is 0 Å². The Hall–Kier alpha value is -0.150. The van der Waals surface area contributed by atoms with Gasteiger partial charge in [0, 0.05) is 9.89 Å². The zero-order valence-corrected chi connectivity index (χ0v) is 10.4. The molecule has 14 heavy (non-hydrogen) atoms. The lowest BCUT2D eigenvalue weighted by Gasteiger charge is -2.13. The van der Waals surface area contributed by atoms with E-state index in [0.717, 1.165) is 22.6 Å². The van der Waals surface area contributed by atoms with Crippen LogP contribution in [0.5, 0.6) is 5.75 Å². The Labute approximate surface area is 98.4 Å². The fourth-order valence-corrected chi connectivity index (χ4v) is 1.96. The van der Waals surface area contributed by atoms with Gasteiger partial charge in [-0.15, -0.1) is 0 Å². The van der Waals surface area contributed by atoms with E-state index in [9.17, 15) is 0 Å². The molecule has 0 aromatic heterocycles. The third-order valence-corrected chi connectivity index (χ3v) is 3.85. The Morgan fingerprint density at radius 1 is 1.29 bits per heavy atom. The molecular weight excluding hydrogens is 260 g/mol. The molecule has 0 amide bonds.